The van der Waals surface area contributed by atoms with Crippen molar-refractivity contribution < 1.29 is 4.79 Å². The molecule has 7 nitrogen and oxygen atoms in total. The van der Waals surface area contributed by atoms with Gasteiger partial charge in [-0.25, -0.2) is 14.6 Å². The third-order valence-electron chi connectivity index (χ3n) is 3.23. The number of nitrogens with one attached hydrogen (secondary N) is 2. The first-order valence-corrected chi connectivity index (χ1v) is 7.01. The standard InChI is InChI=1S/C15H16N6O/c1-2-14-17-7-13(20-14)15(22)19-12-5-3-11(4-6-12)8-21-10-16-9-18-21/h3-7,9-10H,2,8H2,1H3,(H,17,20)(H,19,22). The van der Waals surface area contributed by atoms with Crippen molar-refractivity contribution in [2.45, 2.75) is 19.9 Å². The summed E-state index contributed by atoms with van der Waals surface area (Å²) < 4.78 is 1.74. The minimum atomic E-state index is -0.198. The van der Waals surface area contributed by atoms with Crippen LogP contribution in [0.25, 0.3) is 0 Å². The van der Waals surface area contributed by atoms with Crippen LogP contribution in [0.2, 0.25) is 0 Å². The minimum Gasteiger partial charge on any atom is -0.338 e. The van der Waals surface area contributed by atoms with E-state index < -0.39 is 0 Å². The lowest BCUT2D eigenvalue weighted by Gasteiger charge is -2.05. The number of rotatable bonds is 5. The normalized spacial score (nSPS) is 10.6. The van der Waals surface area contributed by atoms with Crippen LogP contribution in [-0.4, -0.2) is 30.6 Å². The van der Waals surface area contributed by atoms with Crippen molar-refractivity contribution in [2.75, 3.05) is 5.32 Å². The molecule has 0 atom stereocenters. The van der Waals surface area contributed by atoms with Gasteiger partial charge in [-0.1, -0.05) is 19.1 Å². The van der Waals surface area contributed by atoms with Crippen LogP contribution in [0, 0.1) is 0 Å². The second kappa shape index (κ2) is 6.21. The van der Waals surface area contributed by atoms with E-state index in [1.54, 1.807) is 17.2 Å². The molecule has 3 rings (SSSR count). The number of hydrogen-bond acceptors (Lipinski definition) is 4. The van der Waals surface area contributed by atoms with Gasteiger partial charge in [-0.3, -0.25) is 4.79 Å². The van der Waals surface area contributed by atoms with Crippen molar-refractivity contribution in [3.63, 3.8) is 0 Å². The molecule has 0 aliphatic rings. The molecule has 0 unspecified atom stereocenters. The number of nitrogens with zero attached hydrogens (tertiary/aromatic N) is 4. The van der Waals surface area contributed by atoms with E-state index in [1.807, 2.05) is 31.2 Å². The first-order valence-electron chi connectivity index (χ1n) is 7.01. The Labute approximate surface area is 127 Å². The summed E-state index contributed by atoms with van der Waals surface area (Å²) in [5, 5.41) is 6.89. The number of aromatic amines is 1. The van der Waals surface area contributed by atoms with Crippen LogP contribution in [0.4, 0.5) is 5.69 Å². The highest BCUT2D eigenvalue weighted by Gasteiger charge is 2.09. The Kier molecular flexibility index (Phi) is 3.95. The number of imidazole rings is 1. The van der Waals surface area contributed by atoms with Crippen LogP contribution < -0.4 is 5.32 Å². The molecule has 2 aromatic heterocycles. The molecule has 0 aliphatic carbocycles. The van der Waals surface area contributed by atoms with Gasteiger partial charge in [-0.05, 0) is 17.7 Å². The van der Waals surface area contributed by atoms with Crippen LogP contribution in [0.1, 0.15) is 28.8 Å². The Balaban J connectivity index is 1.64. The highest BCUT2D eigenvalue weighted by molar-refractivity contribution is 6.02. The van der Waals surface area contributed by atoms with E-state index in [0.29, 0.717) is 12.2 Å². The molecule has 3 aromatic rings. The Hall–Kier alpha value is -2.96. The summed E-state index contributed by atoms with van der Waals surface area (Å²) in [5.74, 6) is 0.601. The molecule has 0 radical (unpaired) electrons. The Morgan fingerprint density at radius 2 is 2.14 bits per heavy atom. The van der Waals surface area contributed by atoms with E-state index in [-0.39, 0.29) is 5.91 Å². The topological polar surface area (TPSA) is 88.5 Å². The second-order valence-electron chi connectivity index (χ2n) is 4.84. The van der Waals surface area contributed by atoms with Crippen molar-refractivity contribution in [1.82, 2.24) is 24.7 Å². The van der Waals surface area contributed by atoms with Crippen LogP contribution in [0.3, 0.4) is 0 Å². The van der Waals surface area contributed by atoms with Crippen molar-refractivity contribution in [1.29, 1.82) is 0 Å². The van der Waals surface area contributed by atoms with Gasteiger partial charge in [0, 0.05) is 12.1 Å². The summed E-state index contributed by atoms with van der Waals surface area (Å²) in [4.78, 5) is 23.1. The van der Waals surface area contributed by atoms with Crippen LogP contribution in [0.15, 0.2) is 43.1 Å². The molecule has 0 saturated heterocycles. The Bertz CT molecular complexity index is 745. The van der Waals surface area contributed by atoms with Crippen LogP contribution >= 0.6 is 0 Å². The third-order valence-corrected chi connectivity index (χ3v) is 3.23. The van der Waals surface area contributed by atoms with Gasteiger partial charge in [0.25, 0.3) is 5.91 Å². The lowest BCUT2D eigenvalue weighted by atomic mass is 10.2. The predicted octanol–water partition coefficient (Wildman–Crippen LogP) is 1.86. The van der Waals surface area contributed by atoms with Crippen molar-refractivity contribution in [3.8, 4) is 0 Å². The fraction of sp³-hybridized carbons (Fsp3) is 0.200. The van der Waals surface area contributed by atoms with Gasteiger partial charge in [-0.2, -0.15) is 5.10 Å². The van der Waals surface area contributed by atoms with Crippen molar-refractivity contribution >= 4 is 11.6 Å². The molecule has 112 valence electrons. The fourth-order valence-corrected chi connectivity index (χ4v) is 2.05. The number of H-pyrrole nitrogens is 1. The fourth-order valence-electron chi connectivity index (χ4n) is 2.05. The monoisotopic (exact) mass is 296 g/mol. The molecule has 22 heavy (non-hydrogen) atoms. The lowest BCUT2D eigenvalue weighted by molar-refractivity contribution is 0.102. The molecule has 1 amide bonds. The van der Waals surface area contributed by atoms with Gasteiger partial charge in [-0.15, -0.1) is 0 Å². The van der Waals surface area contributed by atoms with Crippen LogP contribution in [-0.2, 0) is 13.0 Å². The molecule has 0 fully saturated rings. The molecule has 2 N–H and O–H groups in total. The largest absolute Gasteiger partial charge is 0.338 e. The average molecular weight is 296 g/mol. The molecule has 0 bridgehead atoms. The van der Waals surface area contributed by atoms with Crippen molar-refractivity contribution in [3.05, 3.63) is 60.2 Å². The van der Waals surface area contributed by atoms with Gasteiger partial charge >= 0.3 is 0 Å². The summed E-state index contributed by atoms with van der Waals surface area (Å²) in [7, 11) is 0. The average Bonchev–Trinajstić information content (AvgIpc) is 3.20. The molecule has 2 heterocycles. The molecule has 0 saturated carbocycles. The summed E-state index contributed by atoms with van der Waals surface area (Å²) in [5.41, 5.74) is 2.28. The number of aryl methyl sites for hydroxylation is 1. The number of aromatic nitrogens is 5. The molecule has 7 heteroatoms. The molecule has 0 aliphatic heterocycles. The maximum Gasteiger partial charge on any atom is 0.273 e. The number of benzene rings is 1. The van der Waals surface area contributed by atoms with Gasteiger partial charge in [0.2, 0.25) is 0 Å². The zero-order valence-electron chi connectivity index (χ0n) is 12.2. The number of amides is 1. The van der Waals surface area contributed by atoms with E-state index >= 15 is 0 Å². The molecule has 1 aromatic carbocycles. The number of carbonyl (C=O) groups excluding carboxylic acids is 1. The number of anilines is 1. The first kappa shape index (κ1) is 14.0. The second-order valence-corrected chi connectivity index (χ2v) is 4.84. The summed E-state index contributed by atoms with van der Waals surface area (Å²) in [6.45, 7) is 2.63. The van der Waals surface area contributed by atoms with E-state index in [4.69, 9.17) is 0 Å². The third kappa shape index (κ3) is 3.20. The smallest absolute Gasteiger partial charge is 0.273 e. The van der Waals surface area contributed by atoms with Gasteiger partial charge in [0.05, 0.1) is 12.7 Å². The number of hydrogen-bond donors (Lipinski definition) is 2. The molecular weight excluding hydrogens is 280 g/mol. The number of carbonyl (C=O) groups is 1. The molecule has 0 spiro atoms. The van der Waals surface area contributed by atoms with Gasteiger partial charge in [0.15, 0.2) is 0 Å². The predicted molar refractivity (Wildman–Crippen MR) is 81.5 cm³/mol. The lowest BCUT2D eigenvalue weighted by Crippen LogP contribution is -2.12. The molecular formula is C15H16N6O. The summed E-state index contributed by atoms with van der Waals surface area (Å²) in [6.07, 6.45) is 5.49. The SMILES string of the molecule is CCc1ncc(C(=O)Nc2ccc(Cn3cncn3)cc2)[nH]1. The van der Waals surface area contributed by atoms with Crippen LogP contribution in [0.5, 0.6) is 0 Å². The minimum absolute atomic E-state index is 0.198. The van der Waals surface area contributed by atoms with E-state index in [2.05, 4.69) is 25.4 Å². The quantitative estimate of drug-likeness (QED) is 0.752. The first-order chi connectivity index (χ1) is 10.7. The van der Waals surface area contributed by atoms with Crippen molar-refractivity contribution in [2.24, 2.45) is 0 Å². The maximum atomic E-state index is 12.1. The van der Waals surface area contributed by atoms with E-state index in [9.17, 15) is 4.79 Å². The maximum absolute atomic E-state index is 12.1. The van der Waals surface area contributed by atoms with E-state index in [1.165, 1.54) is 6.33 Å². The zero-order chi connectivity index (χ0) is 15.4. The van der Waals surface area contributed by atoms with Gasteiger partial charge < -0.3 is 10.3 Å². The summed E-state index contributed by atoms with van der Waals surface area (Å²) >= 11 is 0. The highest BCUT2D eigenvalue weighted by atomic mass is 16.1. The Morgan fingerprint density at radius 3 is 2.77 bits per heavy atom. The Morgan fingerprint density at radius 1 is 1.32 bits per heavy atom. The summed E-state index contributed by atoms with van der Waals surface area (Å²) in [6, 6.07) is 7.62. The van der Waals surface area contributed by atoms with Gasteiger partial charge in [0.1, 0.15) is 24.2 Å². The van der Waals surface area contributed by atoms with E-state index in [0.717, 1.165) is 23.5 Å². The zero-order valence-corrected chi connectivity index (χ0v) is 12.2. The highest BCUT2D eigenvalue weighted by Crippen LogP contribution is 2.12.